The number of hydrogen-bond acceptors (Lipinski definition) is 2. The molecule has 2 aromatic rings. The number of carbonyl (C=O) groups is 1. The molecule has 2 rings (SSSR count). The van der Waals surface area contributed by atoms with Gasteiger partial charge in [-0.2, -0.15) is 0 Å². The van der Waals surface area contributed by atoms with Crippen LogP contribution in [0, 0.1) is 5.82 Å². The third kappa shape index (κ3) is 2.69. The summed E-state index contributed by atoms with van der Waals surface area (Å²) in [6.07, 6.45) is 2.42. The fraction of sp³-hybridized carbons (Fsp3) is 0.0714. The summed E-state index contributed by atoms with van der Waals surface area (Å²) in [6.45, 7) is 1.70. The van der Waals surface area contributed by atoms with E-state index in [0.717, 1.165) is 11.8 Å². The molecule has 0 bridgehead atoms. The van der Waals surface area contributed by atoms with Gasteiger partial charge in [-0.05, 0) is 55.0 Å². The minimum Gasteiger partial charge on any atom is -0.457 e. The van der Waals surface area contributed by atoms with Crippen molar-refractivity contribution < 1.29 is 13.6 Å². The molecular formula is C14H11FO2. The number of allylic oxidation sites excluding steroid dienone is 1. The molecule has 0 fully saturated rings. The summed E-state index contributed by atoms with van der Waals surface area (Å²) in [6, 6.07) is 9.61. The largest absolute Gasteiger partial charge is 0.457 e. The third-order valence-corrected chi connectivity index (χ3v) is 2.31. The summed E-state index contributed by atoms with van der Waals surface area (Å²) in [4.78, 5) is 10.5. The van der Waals surface area contributed by atoms with Crippen LogP contribution in [0.3, 0.4) is 0 Å². The Bertz CT molecular complexity index is 550. The van der Waals surface area contributed by atoms with Crippen LogP contribution in [-0.2, 0) is 4.79 Å². The van der Waals surface area contributed by atoms with Gasteiger partial charge in [0.15, 0.2) is 0 Å². The highest BCUT2D eigenvalue weighted by Gasteiger charge is 2.03. The molecule has 86 valence electrons. The van der Waals surface area contributed by atoms with Gasteiger partial charge in [0.1, 0.15) is 23.6 Å². The normalized spacial score (nSPS) is 11.5. The minimum atomic E-state index is -0.280. The van der Waals surface area contributed by atoms with Crippen LogP contribution >= 0.6 is 0 Å². The van der Waals surface area contributed by atoms with Crippen LogP contribution in [0.1, 0.15) is 12.7 Å². The molecular weight excluding hydrogens is 219 g/mol. The summed E-state index contributed by atoms with van der Waals surface area (Å²) >= 11 is 0. The lowest BCUT2D eigenvalue weighted by Crippen LogP contribution is -1.76. The summed E-state index contributed by atoms with van der Waals surface area (Å²) in [5, 5.41) is 0. The van der Waals surface area contributed by atoms with Gasteiger partial charge in [-0.3, -0.25) is 4.79 Å². The van der Waals surface area contributed by atoms with Gasteiger partial charge in [0.05, 0.1) is 0 Å². The van der Waals surface area contributed by atoms with Gasteiger partial charge in [-0.1, -0.05) is 0 Å². The van der Waals surface area contributed by atoms with Crippen LogP contribution in [0.15, 0.2) is 46.4 Å². The van der Waals surface area contributed by atoms with E-state index in [1.807, 2.05) is 0 Å². The monoisotopic (exact) mass is 230 g/mol. The van der Waals surface area contributed by atoms with E-state index in [0.29, 0.717) is 17.1 Å². The second-order valence-electron chi connectivity index (χ2n) is 3.72. The predicted octanol–water partition coefficient (Wildman–Crippen LogP) is 3.69. The Morgan fingerprint density at radius 2 is 1.88 bits per heavy atom. The summed E-state index contributed by atoms with van der Waals surface area (Å²) in [5.74, 6) is 0.973. The molecule has 0 radical (unpaired) electrons. The predicted molar refractivity (Wildman–Crippen MR) is 63.8 cm³/mol. The first-order valence-electron chi connectivity index (χ1n) is 5.18. The highest BCUT2D eigenvalue weighted by Crippen LogP contribution is 2.23. The highest BCUT2D eigenvalue weighted by molar-refractivity contribution is 5.80. The van der Waals surface area contributed by atoms with Crippen LogP contribution in [0.5, 0.6) is 0 Å². The fourth-order valence-electron chi connectivity index (χ4n) is 1.46. The quantitative estimate of drug-likeness (QED) is 0.594. The first-order valence-corrected chi connectivity index (χ1v) is 5.18. The number of furan rings is 1. The number of rotatable bonds is 3. The molecule has 0 aliphatic carbocycles. The molecule has 0 amide bonds. The lowest BCUT2D eigenvalue weighted by Gasteiger charge is -1.96. The van der Waals surface area contributed by atoms with Crippen molar-refractivity contribution in [1.29, 1.82) is 0 Å². The maximum Gasteiger partial charge on any atom is 0.145 e. The SMILES string of the molecule is CC(C=O)=Cc1ccc(-c2ccc(F)cc2)o1. The zero-order valence-electron chi connectivity index (χ0n) is 9.31. The van der Waals surface area contributed by atoms with Gasteiger partial charge in [-0.15, -0.1) is 0 Å². The number of aldehydes is 1. The molecule has 0 unspecified atom stereocenters. The Hall–Kier alpha value is -2.16. The minimum absolute atomic E-state index is 0.280. The van der Waals surface area contributed by atoms with E-state index in [4.69, 9.17) is 4.42 Å². The van der Waals surface area contributed by atoms with E-state index in [9.17, 15) is 9.18 Å². The molecule has 0 N–H and O–H groups in total. The Balaban J connectivity index is 2.29. The van der Waals surface area contributed by atoms with E-state index in [1.54, 1.807) is 37.3 Å². The molecule has 3 heteroatoms. The smallest absolute Gasteiger partial charge is 0.145 e. The zero-order valence-corrected chi connectivity index (χ0v) is 9.31. The molecule has 0 aliphatic rings. The van der Waals surface area contributed by atoms with Crippen molar-refractivity contribution in [2.24, 2.45) is 0 Å². The maximum absolute atomic E-state index is 12.7. The van der Waals surface area contributed by atoms with Gasteiger partial charge >= 0.3 is 0 Å². The lowest BCUT2D eigenvalue weighted by molar-refractivity contribution is -0.104. The van der Waals surface area contributed by atoms with Gasteiger partial charge < -0.3 is 4.42 Å². The Morgan fingerprint density at radius 3 is 2.53 bits per heavy atom. The first kappa shape index (κ1) is 11.3. The number of carbonyl (C=O) groups excluding carboxylic acids is 1. The van der Waals surface area contributed by atoms with Crippen molar-refractivity contribution in [3.63, 3.8) is 0 Å². The van der Waals surface area contributed by atoms with Crippen molar-refractivity contribution in [3.05, 3.63) is 53.5 Å². The van der Waals surface area contributed by atoms with Crippen molar-refractivity contribution in [1.82, 2.24) is 0 Å². The Morgan fingerprint density at radius 1 is 1.18 bits per heavy atom. The van der Waals surface area contributed by atoms with Crippen LogP contribution in [0.25, 0.3) is 17.4 Å². The fourth-order valence-corrected chi connectivity index (χ4v) is 1.46. The number of benzene rings is 1. The van der Waals surface area contributed by atoms with Crippen molar-refractivity contribution in [3.8, 4) is 11.3 Å². The first-order chi connectivity index (χ1) is 8.19. The van der Waals surface area contributed by atoms with Gasteiger partial charge in [0.2, 0.25) is 0 Å². The van der Waals surface area contributed by atoms with E-state index >= 15 is 0 Å². The molecule has 0 aliphatic heterocycles. The molecule has 17 heavy (non-hydrogen) atoms. The lowest BCUT2D eigenvalue weighted by atomic mass is 10.2. The van der Waals surface area contributed by atoms with Crippen LogP contribution < -0.4 is 0 Å². The summed E-state index contributed by atoms with van der Waals surface area (Å²) in [5.41, 5.74) is 1.39. The Kier molecular flexibility index (Phi) is 3.19. The van der Waals surface area contributed by atoms with E-state index < -0.39 is 0 Å². The topological polar surface area (TPSA) is 30.2 Å². The molecule has 0 atom stereocenters. The van der Waals surface area contributed by atoms with Gasteiger partial charge in [0.25, 0.3) is 0 Å². The second kappa shape index (κ2) is 4.78. The molecule has 0 saturated carbocycles. The number of halogens is 1. The summed E-state index contributed by atoms with van der Waals surface area (Å²) < 4.78 is 18.3. The van der Waals surface area contributed by atoms with Crippen LogP contribution in [0.4, 0.5) is 4.39 Å². The van der Waals surface area contributed by atoms with E-state index in [1.165, 1.54) is 12.1 Å². The third-order valence-electron chi connectivity index (χ3n) is 2.31. The van der Waals surface area contributed by atoms with Crippen LogP contribution in [-0.4, -0.2) is 6.29 Å². The average Bonchev–Trinajstić information content (AvgIpc) is 2.78. The molecule has 1 aromatic carbocycles. The molecule has 0 spiro atoms. The zero-order chi connectivity index (χ0) is 12.3. The standard InChI is InChI=1S/C14H11FO2/c1-10(9-16)8-13-6-7-14(17-13)11-2-4-12(15)5-3-11/h2-9H,1H3. The Labute approximate surface area is 98.4 Å². The van der Waals surface area contributed by atoms with Crippen molar-refractivity contribution >= 4 is 12.4 Å². The van der Waals surface area contributed by atoms with Crippen LogP contribution in [0.2, 0.25) is 0 Å². The molecule has 2 nitrogen and oxygen atoms in total. The van der Waals surface area contributed by atoms with Crippen molar-refractivity contribution in [2.45, 2.75) is 6.92 Å². The maximum atomic E-state index is 12.7. The molecule has 1 heterocycles. The summed E-state index contributed by atoms with van der Waals surface area (Å²) in [7, 11) is 0. The van der Waals surface area contributed by atoms with Crippen molar-refractivity contribution in [2.75, 3.05) is 0 Å². The number of hydrogen-bond donors (Lipinski definition) is 0. The highest BCUT2D eigenvalue weighted by atomic mass is 19.1. The van der Waals surface area contributed by atoms with Gasteiger partial charge in [-0.25, -0.2) is 4.39 Å². The molecule has 0 saturated heterocycles. The second-order valence-corrected chi connectivity index (χ2v) is 3.72. The van der Waals surface area contributed by atoms with E-state index in [-0.39, 0.29) is 5.82 Å². The van der Waals surface area contributed by atoms with E-state index in [2.05, 4.69) is 0 Å². The van der Waals surface area contributed by atoms with Gasteiger partial charge in [0, 0.05) is 5.56 Å². The molecule has 1 aromatic heterocycles. The average molecular weight is 230 g/mol.